The van der Waals surface area contributed by atoms with Crippen LogP contribution >= 0.6 is 0 Å². The van der Waals surface area contributed by atoms with Gasteiger partial charge in [0.2, 0.25) is 0 Å². The van der Waals surface area contributed by atoms with Crippen molar-refractivity contribution >= 4 is 17.3 Å². The van der Waals surface area contributed by atoms with Crippen LogP contribution in [-0.4, -0.2) is 43.2 Å². The van der Waals surface area contributed by atoms with Gasteiger partial charge in [-0.3, -0.25) is 34.4 Å². The average molecular weight is 556 g/mol. The van der Waals surface area contributed by atoms with Crippen LogP contribution in [0.25, 0.3) is 0 Å². The number of imidazole rings is 1. The summed E-state index contributed by atoms with van der Waals surface area (Å²) >= 11 is 0. The second kappa shape index (κ2) is 10.5. The molecule has 6 rings (SSSR count). The van der Waals surface area contributed by atoms with Gasteiger partial charge < -0.3 is 14.0 Å². The Labute approximate surface area is 231 Å². The summed E-state index contributed by atoms with van der Waals surface area (Å²) in [5.74, 6) is 0.532. The molecule has 0 aliphatic carbocycles. The number of rotatable bonds is 8. The van der Waals surface area contributed by atoms with Crippen molar-refractivity contribution in [2.45, 2.75) is 18.9 Å². The number of aryl methyl sites for hydroxylation is 1. The first-order valence-electron chi connectivity index (χ1n) is 12.8. The zero-order chi connectivity index (χ0) is 28.5. The van der Waals surface area contributed by atoms with Crippen LogP contribution in [0.5, 0.6) is 11.5 Å². The number of anilines is 3. The van der Waals surface area contributed by atoms with Crippen molar-refractivity contribution in [1.82, 2.24) is 29.5 Å². The van der Waals surface area contributed by atoms with Crippen LogP contribution in [0.2, 0.25) is 0 Å². The van der Waals surface area contributed by atoms with Crippen molar-refractivity contribution < 1.29 is 9.47 Å². The van der Waals surface area contributed by atoms with Gasteiger partial charge in [-0.25, -0.2) is 14.6 Å². The Hall–Kier alpha value is -5.59. The van der Waals surface area contributed by atoms with E-state index in [0.717, 1.165) is 13.0 Å². The largest absolute Gasteiger partial charge is 0.497 e. The molecule has 4 heterocycles. The minimum Gasteiger partial charge on any atom is -0.497 e. The highest BCUT2D eigenvalue weighted by atomic mass is 16.5. The first-order chi connectivity index (χ1) is 19.9. The number of fused-ring (bicyclic) bond motifs is 2. The van der Waals surface area contributed by atoms with Gasteiger partial charge in [-0.2, -0.15) is 0 Å². The Morgan fingerprint density at radius 2 is 1.41 bits per heavy atom. The fraction of sp³-hybridized carbons (Fsp3) is 0.179. The van der Waals surface area contributed by atoms with E-state index in [1.807, 2.05) is 10.8 Å². The van der Waals surface area contributed by atoms with E-state index < -0.39 is 28.4 Å². The first-order valence-corrected chi connectivity index (χ1v) is 12.8. The third-order valence-electron chi connectivity index (χ3n) is 6.87. The Morgan fingerprint density at radius 1 is 0.805 bits per heavy atom. The van der Waals surface area contributed by atoms with Crippen LogP contribution in [0.1, 0.15) is 29.0 Å². The highest BCUT2D eigenvalue weighted by Gasteiger charge is 2.38. The van der Waals surface area contributed by atoms with Gasteiger partial charge in [0.25, 0.3) is 11.1 Å². The van der Waals surface area contributed by atoms with E-state index in [1.54, 1.807) is 61.1 Å². The number of H-pyrrole nitrogens is 4. The minimum atomic E-state index is -0.911. The Balaban J connectivity index is 1.42. The molecule has 5 aromatic rings. The van der Waals surface area contributed by atoms with Crippen LogP contribution < -0.4 is 36.9 Å². The number of nitrogens with one attached hydrogen (secondary N) is 4. The van der Waals surface area contributed by atoms with E-state index in [4.69, 9.17) is 9.47 Å². The Bertz CT molecular complexity index is 1840. The maximum Gasteiger partial charge on any atom is 0.327 e. The molecule has 0 radical (unpaired) electrons. The van der Waals surface area contributed by atoms with Gasteiger partial charge in [-0.05, 0) is 48.4 Å². The summed E-state index contributed by atoms with van der Waals surface area (Å²) in [6.45, 7) is 1.24. The van der Waals surface area contributed by atoms with Crippen molar-refractivity contribution in [3.8, 4) is 11.5 Å². The number of aromatic nitrogens is 6. The average Bonchev–Trinajstić information content (AvgIpc) is 3.48. The minimum absolute atomic E-state index is 0.127. The number of ether oxygens (including phenoxy) is 2. The third kappa shape index (κ3) is 4.84. The van der Waals surface area contributed by atoms with E-state index in [9.17, 15) is 19.2 Å². The summed E-state index contributed by atoms with van der Waals surface area (Å²) in [5, 5.41) is 0. The zero-order valence-electron chi connectivity index (χ0n) is 21.8. The molecule has 13 nitrogen and oxygen atoms in total. The lowest BCUT2D eigenvalue weighted by atomic mass is 9.83. The van der Waals surface area contributed by atoms with E-state index >= 15 is 0 Å². The van der Waals surface area contributed by atoms with Gasteiger partial charge in [-0.15, -0.1) is 0 Å². The molecule has 208 valence electrons. The summed E-state index contributed by atoms with van der Waals surface area (Å²) < 4.78 is 13.1. The fourth-order valence-electron chi connectivity index (χ4n) is 5.05. The SMILES string of the molecule is COc1ccc(N2c3[nH]c(=O)[nH]c(=O)c3C(c3ccc(OCCCn4ccnc4)cc3)c3c2[nH]c(=O)[nH]c3=O)cc1. The number of methoxy groups -OCH3 is 1. The number of hydrogen-bond donors (Lipinski definition) is 4. The quantitative estimate of drug-likeness (QED) is 0.207. The molecule has 4 N–H and O–H groups in total. The maximum atomic E-state index is 13.3. The topological polar surface area (TPSA) is 171 Å². The smallest absolute Gasteiger partial charge is 0.327 e. The molecule has 0 spiro atoms. The lowest BCUT2D eigenvalue weighted by Gasteiger charge is -2.35. The van der Waals surface area contributed by atoms with Crippen LogP contribution in [0.4, 0.5) is 17.3 Å². The highest BCUT2D eigenvalue weighted by Crippen LogP contribution is 2.46. The van der Waals surface area contributed by atoms with Crippen molar-refractivity contribution in [2.24, 2.45) is 0 Å². The van der Waals surface area contributed by atoms with Gasteiger partial charge in [0, 0.05) is 24.6 Å². The van der Waals surface area contributed by atoms with Gasteiger partial charge >= 0.3 is 11.4 Å². The lowest BCUT2D eigenvalue weighted by molar-refractivity contribution is 0.301. The molecule has 1 aliphatic heterocycles. The van der Waals surface area contributed by atoms with Crippen molar-refractivity contribution in [3.05, 3.63) is 126 Å². The number of aromatic amines is 4. The molecule has 0 saturated carbocycles. The van der Waals surface area contributed by atoms with E-state index in [-0.39, 0.29) is 22.8 Å². The summed E-state index contributed by atoms with van der Waals surface area (Å²) in [6, 6.07) is 13.7. The summed E-state index contributed by atoms with van der Waals surface area (Å²) in [4.78, 5) is 67.0. The summed E-state index contributed by atoms with van der Waals surface area (Å²) in [6.07, 6.45) is 6.12. The van der Waals surface area contributed by atoms with Crippen molar-refractivity contribution in [3.63, 3.8) is 0 Å². The van der Waals surface area contributed by atoms with Crippen LogP contribution in [0.15, 0.2) is 86.4 Å². The maximum absolute atomic E-state index is 13.3. The van der Waals surface area contributed by atoms with Gasteiger partial charge in [0.1, 0.15) is 23.1 Å². The number of benzene rings is 2. The standard InChI is InChI=1S/C28H25N7O6/c1-40-18-9-5-17(6-10-18)35-23-21(25(36)32-27(38)30-23)20(22-24(35)31-28(39)33-26(22)37)16-3-7-19(8-4-16)41-14-2-12-34-13-11-29-15-34/h3-11,13,15,20H,2,12,14H2,1H3,(H2,30,32,36,38)(H2,31,33,37,39). The van der Waals surface area contributed by atoms with Crippen LogP contribution in [-0.2, 0) is 6.54 Å². The monoisotopic (exact) mass is 555 g/mol. The predicted molar refractivity (Wildman–Crippen MR) is 150 cm³/mol. The van der Waals surface area contributed by atoms with Gasteiger partial charge in [0.05, 0.1) is 37.1 Å². The zero-order valence-corrected chi connectivity index (χ0v) is 21.8. The fourth-order valence-corrected chi connectivity index (χ4v) is 5.05. The molecule has 0 fully saturated rings. The molecular formula is C28H25N7O6. The third-order valence-corrected chi connectivity index (χ3v) is 6.87. The molecule has 41 heavy (non-hydrogen) atoms. The summed E-state index contributed by atoms with van der Waals surface area (Å²) in [5.41, 5.74) is -1.45. The molecule has 0 unspecified atom stereocenters. The van der Waals surface area contributed by atoms with E-state index in [1.165, 1.54) is 12.0 Å². The Morgan fingerprint density at radius 3 is 1.98 bits per heavy atom. The molecule has 1 aliphatic rings. The predicted octanol–water partition coefficient (Wildman–Crippen LogP) is 2.08. The number of nitrogens with zero attached hydrogens (tertiary/aromatic N) is 3. The van der Waals surface area contributed by atoms with Crippen molar-refractivity contribution in [2.75, 3.05) is 18.6 Å². The second-order valence-corrected chi connectivity index (χ2v) is 9.38. The van der Waals surface area contributed by atoms with Crippen LogP contribution in [0.3, 0.4) is 0 Å². The van der Waals surface area contributed by atoms with Gasteiger partial charge in [-0.1, -0.05) is 12.1 Å². The lowest BCUT2D eigenvalue weighted by Crippen LogP contribution is -2.40. The normalized spacial score (nSPS) is 12.6. The molecule has 0 bridgehead atoms. The molecule has 0 saturated heterocycles. The second-order valence-electron chi connectivity index (χ2n) is 9.38. The van der Waals surface area contributed by atoms with Crippen LogP contribution in [0, 0.1) is 0 Å². The molecule has 2 aromatic carbocycles. The number of hydrogen-bond acceptors (Lipinski definition) is 8. The molecule has 0 atom stereocenters. The van der Waals surface area contributed by atoms with Gasteiger partial charge in [0.15, 0.2) is 0 Å². The molecular weight excluding hydrogens is 530 g/mol. The molecule has 13 heteroatoms. The molecule has 0 amide bonds. The van der Waals surface area contributed by atoms with Crippen molar-refractivity contribution in [1.29, 1.82) is 0 Å². The first kappa shape index (κ1) is 25.7. The van der Waals surface area contributed by atoms with E-state index in [0.29, 0.717) is 29.4 Å². The van der Waals surface area contributed by atoms with E-state index in [2.05, 4.69) is 24.9 Å². The summed E-state index contributed by atoms with van der Waals surface area (Å²) in [7, 11) is 1.52. The molecule has 3 aromatic heterocycles. The highest BCUT2D eigenvalue weighted by molar-refractivity contribution is 5.81. The Kier molecular flexibility index (Phi) is 6.59.